The van der Waals surface area contributed by atoms with E-state index in [2.05, 4.69) is 10.1 Å². The quantitative estimate of drug-likeness (QED) is 0.878. The molecule has 0 saturated carbocycles. The van der Waals surface area contributed by atoms with E-state index >= 15 is 0 Å². The van der Waals surface area contributed by atoms with Crippen LogP contribution in [0.2, 0.25) is 0 Å². The lowest BCUT2D eigenvalue weighted by Gasteiger charge is -2.09. The fraction of sp³-hybridized carbons (Fsp3) is 0.250. The van der Waals surface area contributed by atoms with E-state index in [0.29, 0.717) is 22.8 Å². The monoisotopic (exact) mass is 247 g/mol. The first-order valence-electron chi connectivity index (χ1n) is 5.37. The van der Waals surface area contributed by atoms with Crippen molar-refractivity contribution in [3.05, 3.63) is 35.9 Å². The van der Waals surface area contributed by atoms with Crippen LogP contribution in [0.5, 0.6) is 5.75 Å². The fourth-order valence-electron chi connectivity index (χ4n) is 1.66. The summed E-state index contributed by atoms with van der Waals surface area (Å²) in [7, 11) is 1.56. The third-order valence-corrected chi connectivity index (χ3v) is 2.45. The van der Waals surface area contributed by atoms with Gasteiger partial charge in [-0.25, -0.2) is 9.67 Å². The molecule has 6 nitrogen and oxygen atoms in total. The first kappa shape index (κ1) is 12.1. The Morgan fingerprint density at radius 1 is 1.50 bits per heavy atom. The van der Waals surface area contributed by atoms with Gasteiger partial charge in [0.15, 0.2) is 0 Å². The van der Waals surface area contributed by atoms with E-state index < -0.39 is 5.97 Å². The Kier molecular flexibility index (Phi) is 3.27. The minimum absolute atomic E-state index is 0.0370. The lowest BCUT2D eigenvalue weighted by molar-refractivity contribution is -0.136. The van der Waals surface area contributed by atoms with Crippen LogP contribution in [-0.4, -0.2) is 33.0 Å². The molecule has 0 fully saturated rings. The van der Waals surface area contributed by atoms with E-state index in [-0.39, 0.29) is 6.42 Å². The molecular weight excluding hydrogens is 234 g/mol. The predicted octanol–water partition coefficient (Wildman–Crippen LogP) is 1.21. The van der Waals surface area contributed by atoms with Crippen molar-refractivity contribution >= 4 is 5.97 Å². The summed E-state index contributed by atoms with van der Waals surface area (Å²) in [6, 6.07) is 5.19. The van der Waals surface area contributed by atoms with Gasteiger partial charge in [0.1, 0.15) is 23.6 Å². The molecule has 0 radical (unpaired) electrons. The van der Waals surface area contributed by atoms with E-state index in [9.17, 15) is 4.79 Å². The highest BCUT2D eigenvalue weighted by atomic mass is 16.5. The van der Waals surface area contributed by atoms with Crippen LogP contribution in [0, 0.1) is 6.92 Å². The fourth-order valence-corrected chi connectivity index (χ4v) is 1.66. The zero-order chi connectivity index (χ0) is 13.1. The smallest absolute Gasteiger partial charge is 0.307 e. The van der Waals surface area contributed by atoms with Gasteiger partial charge in [0, 0.05) is 0 Å². The van der Waals surface area contributed by atoms with Crippen molar-refractivity contribution in [2.45, 2.75) is 13.3 Å². The normalized spacial score (nSPS) is 10.3. The van der Waals surface area contributed by atoms with Crippen molar-refractivity contribution in [1.82, 2.24) is 14.8 Å². The van der Waals surface area contributed by atoms with E-state index in [1.54, 1.807) is 43.2 Å². The van der Waals surface area contributed by atoms with Crippen LogP contribution in [0.15, 0.2) is 24.5 Å². The first-order valence-corrected chi connectivity index (χ1v) is 5.37. The van der Waals surface area contributed by atoms with Gasteiger partial charge in [-0.15, -0.1) is 0 Å². The van der Waals surface area contributed by atoms with Gasteiger partial charge in [0.2, 0.25) is 0 Å². The Balaban J connectivity index is 2.45. The van der Waals surface area contributed by atoms with E-state index in [1.165, 1.54) is 0 Å². The summed E-state index contributed by atoms with van der Waals surface area (Å²) >= 11 is 0. The molecule has 0 unspecified atom stereocenters. The summed E-state index contributed by atoms with van der Waals surface area (Å²) in [6.45, 7) is 1.78. The Morgan fingerprint density at radius 2 is 2.28 bits per heavy atom. The highest BCUT2D eigenvalue weighted by molar-refractivity contribution is 5.70. The summed E-state index contributed by atoms with van der Waals surface area (Å²) in [5.41, 5.74) is 1.36. The molecule has 0 amide bonds. The van der Waals surface area contributed by atoms with E-state index in [1.807, 2.05) is 0 Å². The molecule has 1 aromatic carbocycles. The van der Waals surface area contributed by atoms with Crippen molar-refractivity contribution in [2.24, 2.45) is 0 Å². The number of aromatic nitrogens is 3. The number of rotatable bonds is 4. The number of carboxylic acid groups (broad SMARTS) is 1. The lowest BCUT2D eigenvalue weighted by Crippen LogP contribution is -2.04. The van der Waals surface area contributed by atoms with Crippen LogP contribution in [0.4, 0.5) is 0 Å². The Hall–Kier alpha value is -2.37. The Labute approximate surface area is 104 Å². The highest BCUT2D eigenvalue weighted by Gasteiger charge is 2.10. The first-order chi connectivity index (χ1) is 8.60. The van der Waals surface area contributed by atoms with E-state index in [4.69, 9.17) is 9.84 Å². The average Bonchev–Trinajstić information content (AvgIpc) is 2.75. The number of benzene rings is 1. The highest BCUT2D eigenvalue weighted by Crippen LogP contribution is 2.23. The molecule has 0 aliphatic carbocycles. The SMILES string of the molecule is COc1ccc(CC(=O)O)cc1-n1cnc(C)n1. The van der Waals surface area contributed by atoms with Crippen LogP contribution < -0.4 is 4.74 Å². The second-order valence-electron chi connectivity index (χ2n) is 3.81. The number of carboxylic acids is 1. The Bertz CT molecular complexity index is 578. The second-order valence-corrected chi connectivity index (χ2v) is 3.81. The summed E-state index contributed by atoms with van der Waals surface area (Å²) in [5, 5.41) is 13.0. The minimum Gasteiger partial charge on any atom is -0.494 e. The largest absolute Gasteiger partial charge is 0.494 e. The molecule has 0 aliphatic rings. The van der Waals surface area contributed by atoms with Crippen LogP contribution >= 0.6 is 0 Å². The number of hydrogen-bond acceptors (Lipinski definition) is 4. The molecule has 0 bridgehead atoms. The zero-order valence-electron chi connectivity index (χ0n) is 10.1. The van der Waals surface area contributed by atoms with Gasteiger partial charge in [0.05, 0.1) is 13.5 Å². The molecular formula is C12H13N3O3. The number of aryl methyl sites for hydroxylation is 1. The van der Waals surface area contributed by atoms with Crippen LogP contribution in [-0.2, 0) is 11.2 Å². The van der Waals surface area contributed by atoms with Gasteiger partial charge < -0.3 is 9.84 Å². The maximum Gasteiger partial charge on any atom is 0.307 e. The molecule has 94 valence electrons. The zero-order valence-corrected chi connectivity index (χ0v) is 10.1. The number of ether oxygens (including phenoxy) is 1. The van der Waals surface area contributed by atoms with Gasteiger partial charge in [-0.1, -0.05) is 6.07 Å². The second kappa shape index (κ2) is 4.87. The molecule has 18 heavy (non-hydrogen) atoms. The molecule has 0 spiro atoms. The molecule has 0 saturated heterocycles. The summed E-state index contributed by atoms with van der Waals surface area (Å²) in [5.74, 6) is 0.385. The number of aliphatic carboxylic acids is 1. The number of carbonyl (C=O) groups is 1. The van der Waals surface area contributed by atoms with Gasteiger partial charge >= 0.3 is 5.97 Å². The molecule has 1 aromatic heterocycles. The molecule has 0 atom stereocenters. The Morgan fingerprint density at radius 3 is 2.83 bits per heavy atom. The van der Waals surface area contributed by atoms with Gasteiger partial charge in [-0.3, -0.25) is 4.79 Å². The molecule has 2 aromatic rings. The van der Waals surface area contributed by atoms with Crippen LogP contribution in [0.1, 0.15) is 11.4 Å². The van der Waals surface area contributed by atoms with Crippen molar-refractivity contribution < 1.29 is 14.6 Å². The lowest BCUT2D eigenvalue weighted by atomic mass is 10.1. The van der Waals surface area contributed by atoms with Gasteiger partial charge in [0.25, 0.3) is 0 Å². The molecule has 1 N–H and O–H groups in total. The minimum atomic E-state index is -0.874. The van der Waals surface area contributed by atoms with Gasteiger partial charge in [-0.2, -0.15) is 5.10 Å². The summed E-state index contributed by atoms with van der Waals surface area (Å²) in [6.07, 6.45) is 1.53. The van der Waals surface area contributed by atoms with Crippen molar-refractivity contribution in [1.29, 1.82) is 0 Å². The van der Waals surface area contributed by atoms with E-state index in [0.717, 1.165) is 0 Å². The number of methoxy groups -OCH3 is 1. The molecule has 6 heteroatoms. The average molecular weight is 247 g/mol. The molecule has 0 aliphatic heterocycles. The van der Waals surface area contributed by atoms with Crippen LogP contribution in [0.25, 0.3) is 5.69 Å². The number of nitrogens with zero attached hydrogens (tertiary/aromatic N) is 3. The molecule has 2 rings (SSSR count). The topological polar surface area (TPSA) is 77.2 Å². The van der Waals surface area contributed by atoms with Crippen molar-refractivity contribution in [3.8, 4) is 11.4 Å². The third kappa shape index (κ3) is 2.48. The number of hydrogen-bond donors (Lipinski definition) is 1. The standard InChI is InChI=1S/C12H13N3O3/c1-8-13-7-15(14-8)10-5-9(6-12(16)17)3-4-11(10)18-2/h3-5,7H,6H2,1-2H3,(H,16,17). The predicted molar refractivity (Wildman–Crippen MR) is 64.0 cm³/mol. The van der Waals surface area contributed by atoms with Crippen molar-refractivity contribution in [2.75, 3.05) is 7.11 Å². The summed E-state index contributed by atoms with van der Waals surface area (Å²) < 4.78 is 6.80. The summed E-state index contributed by atoms with van der Waals surface area (Å²) in [4.78, 5) is 14.7. The maximum atomic E-state index is 10.7. The maximum absolute atomic E-state index is 10.7. The van der Waals surface area contributed by atoms with Gasteiger partial charge in [-0.05, 0) is 24.6 Å². The molecule has 1 heterocycles. The van der Waals surface area contributed by atoms with Crippen molar-refractivity contribution in [3.63, 3.8) is 0 Å². The third-order valence-electron chi connectivity index (χ3n) is 2.45. The van der Waals surface area contributed by atoms with Crippen LogP contribution in [0.3, 0.4) is 0 Å².